The summed E-state index contributed by atoms with van der Waals surface area (Å²) in [5.74, 6) is -0.131. The molecule has 2 rings (SSSR count). The number of likely N-dealkylation sites (tertiary alicyclic amines) is 1. The highest BCUT2D eigenvalue weighted by Crippen LogP contribution is 2.31. The van der Waals surface area contributed by atoms with Crippen LogP contribution in [0.25, 0.3) is 0 Å². The number of hydrogen-bond donors (Lipinski definition) is 0. The molecule has 16 heavy (non-hydrogen) atoms. The molecule has 0 bridgehead atoms. The van der Waals surface area contributed by atoms with Crippen molar-refractivity contribution < 1.29 is 9.59 Å². The maximum absolute atomic E-state index is 11.6. The summed E-state index contributed by atoms with van der Waals surface area (Å²) < 4.78 is 0. The Bertz CT molecular complexity index is 323. The molecule has 1 unspecified atom stereocenters. The second-order valence-electron chi connectivity index (χ2n) is 4.63. The van der Waals surface area contributed by atoms with Gasteiger partial charge in [0.15, 0.2) is 0 Å². The van der Waals surface area contributed by atoms with Gasteiger partial charge in [-0.05, 0) is 18.8 Å². The fraction of sp³-hybridized carbons (Fsp3) is 0.750. The molecule has 0 N–H and O–H groups in total. The number of hydrogen-bond acceptors (Lipinski definition) is 3. The van der Waals surface area contributed by atoms with Crippen molar-refractivity contribution in [2.24, 2.45) is 5.92 Å². The van der Waals surface area contributed by atoms with Crippen molar-refractivity contribution in [2.75, 3.05) is 0 Å². The fourth-order valence-corrected chi connectivity index (χ4v) is 2.73. The summed E-state index contributed by atoms with van der Waals surface area (Å²) in [6, 6.07) is 1.65. The second-order valence-corrected chi connectivity index (χ2v) is 4.63. The average Bonchev–Trinajstić information content (AvgIpc) is 2.63. The van der Waals surface area contributed by atoms with Crippen LogP contribution in [0.2, 0.25) is 0 Å². The van der Waals surface area contributed by atoms with Crippen molar-refractivity contribution in [2.45, 2.75) is 51.0 Å². The van der Waals surface area contributed by atoms with Crippen molar-refractivity contribution in [1.82, 2.24) is 4.90 Å². The molecular formula is C12H16N2O2. The monoisotopic (exact) mass is 220 g/mol. The Labute approximate surface area is 95.2 Å². The first-order chi connectivity index (χ1) is 7.74. The molecule has 1 saturated carbocycles. The second kappa shape index (κ2) is 4.65. The molecule has 0 radical (unpaired) electrons. The summed E-state index contributed by atoms with van der Waals surface area (Å²) >= 11 is 0. The van der Waals surface area contributed by atoms with Gasteiger partial charge in [-0.15, -0.1) is 0 Å². The van der Waals surface area contributed by atoms with Gasteiger partial charge in [-0.2, -0.15) is 5.26 Å². The Morgan fingerprint density at radius 2 is 1.69 bits per heavy atom. The van der Waals surface area contributed by atoms with Crippen molar-refractivity contribution in [3.8, 4) is 6.07 Å². The van der Waals surface area contributed by atoms with Gasteiger partial charge in [0.2, 0.25) is 11.8 Å². The predicted octanol–water partition coefficient (Wildman–Crippen LogP) is 1.61. The summed E-state index contributed by atoms with van der Waals surface area (Å²) in [6.45, 7) is 0. The zero-order valence-corrected chi connectivity index (χ0v) is 9.32. The van der Waals surface area contributed by atoms with E-state index >= 15 is 0 Å². The lowest BCUT2D eigenvalue weighted by atomic mass is 9.84. The van der Waals surface area contributed by atoms with E-state index in [4.69, 9.17) is 0 Å². The van der Waals surface area contributed by atoms with Crippen LogP contribution in [0, 0.1) is 17.2 Å². The molecule has 4 heteroatoms. The van der Waals surface area contributed by atoms with Crippen LogP contribution in [0.15, 0.2) is 0 Å². The summed E-state index contributed by atoms with van der Waals surface area (Å²) in [5.41, 5.74) is 0. The minimum absolute atomic E-state index is 0.165. The molecule has 0 spiro atoms. The van der Waals surface area contributed by atoms with E-state index in [2.05, 4.69) is 6.07 Å². The quantitative estimate of drug-likeness (QED) is 0.664. The lowest BCUT2D eigenvalue weighted by Crippen LogP contribution is -2.43. The van der Waals surface area contributed by atoms with Gasteiger partial charge in [0, 0.05) is 12.8 Å². The van der Waals surface area contributed by atoms with E-state index in [0.717, 1.165) is 25.7 Å². The molecule has 2 amide bonds. The van der Waals surface area contributed by atoms with Gasteiger partial charge in [0.25, 0.3) is 0 Å². The van der Waals surface area contributed by atoms with Crippen LogP contribution in [0.4, 0.5) is 0 Å². The van der Waals surface area contributed by atoms with Gasteiger partial charge < -0.3 is 0 Å². The standard InChI is InChI=1S/C12H16N2O2/c13-8-10(9-4-2-1-3-5-9)14-11(15)6-7-12(14)16/h9-10H,1-7H2. The molecule has 2 fully saturated rings. The van der Waals surface area contributed by atoms with E-state index < -0.39 is 6.04 Å². The third kappa shape index (κ3) is 1.95. The summed E-state index contributed by atoms with van der Waals surface area (Å²) in [6.07, 6.45) is 5.92. The van der Waals surface area contributed by atoms with E-state index in [9.17, 15) is 14.9 Å². The van der Waals surface area contributed by atoms with Gasteiger partial charge in [-0.3, -0.25) is 14.5 Å². The topological polar surface area (TPSA) is 61.2 Å². The minimum atomic E-state index is -0.511. The lowest BCUT2D eigenvalue weighted by Gasteiger charge is -2.30. The molecule has 1 aliphatic carbocycles. The van der Waals surface area contributed by atoms with Gasteiger partial charge in [0.1, 0.15) is 6.04 Å². The SMILES string of the molecule is N#CC(C1CCCCC1)N1C(=O)CCC1=O. The van der Waals surface area contributed by atoms with Crippen molar-refractivity contribution in [1.29, 1.82) is 5.26 Å². The highest BCUT2D eigenvalue weighted by atomic mass is 16.2. The first-order valence-corrected chi connectivity index (χ1v) is 5.98. The summed E-state index contributed by atoms with van der Waals surface area (Å²) in [7, 11) is 0. The van der Waals surface area contributed by atoms with Gasteiger partial charge in [-0.1, -0.05) is 19.3 Å². The molecule has 1 aliphatic heterocycles. The smallest absolute Gasteiger partial charge is 0.230 e. The number of carbonyl (C=O) groups excluding carboxylic acids is 2. The summed E-state index contributed by atoms with van der Waals surface area (Å²) in [4.78, 5) is 24.4. The first kappa shape index (κ1) is 11.1. The van der Waals surface area contributed by atoms with E-state index in [-0.39, 0.29) is 30.6 Å². The molecule has 1 saturated heterocycles. The highest BCUT2D eigenvalue weighted by Gasteiger charge is 2.39. The molecule has 0 aromatic heterocycles. The molecule has 1 atom stereocenters. The molecule has 0 aromatic rings. The molecule has 2 aliphatic rings. The number of nitriles is 1. The van der Waals surface area contributed by atoms with E-state index in [1.807, 2.05) is 0 Å². The van der Waals surface area contributed by atoms with Crippen molar-refractivity contribution in [3.63, 3.8) is 0 Å². The van der Waals surface area contributed by atoms with Gasteiger partial charge in [-0.25, -0.2) is 0 Å². The Kier molecular flexibility index (Phi) is 3.23. The largest absolute Gasteiger partial charge is 0.274 e. The number of imide groups is 1. The molecule has 1 heterocycles. The molecular weight excluding hydrogens is 204 g/mol. The highest BCUT2D eigenvalue weighted by molar-refractivity contribution is 6.02. The number of rotatable bonds is 2. The maximum atomic E-state index is 11.6. The normalized spacial score (nSPS) is 24.6. The van der Waals surface area contributed by atoms with Crippen LogP contribution in [-0.4, -0.2) is 22.8 Å². The zero-order chi connectivity index (χ0) is 11.5. The minimum Gasteiger partial charge on any atom is -0.274 e. The van der Waals surface area contributed by atoms with E-state index in [1.165, 1.54) is 11.3 Å². The number of nitrogens with zero attached hydrogens (tertiary/aromatic N) is 2. The molecule has 4 nitrogen and oxygen atoms in total. The maximum Gasteiger partial charge on any atom is 0.230 e. The molecule has 86 valence electrons. The predicted molar refractivity (Wildman–Crippen MR) is 57.1 cm³/mol. The van der Waals surface area contributed by atoms with Crippen molar-refractivity contribution in [3.05, 3.63) is 0 Å². The van der Waals surface area contributed by atoms with E-state index in [0.29, 0.717) is 0 Å². The third-order valence-corrected chi connectivity index (χ3v) is 3.60. The van der Waals surface area contributed by atoms with Gasteiger partial charge in [0.05, 0.1) is 6.07 Å². The average molecular weight is 220 g/mol. The Balaban J connectivity index is 2.12. The number of amides is 2. The zero-order valence-electron chi connectivity index (χ0n) is 9.32. The Morgan fingerprint density at radius 3 is 2.19 bits per heavy atom. The first-order valence-electron chi connectivity index (χ1n) is 5.98. The van der Waals surface area contributed by atoms with E-state index in [1.54, 1.807) is 0 Å². The Hall–Kier alpha value is -1.37. The number of carbonyl (C=O) groups is 2. The van der Waals surface area contributed by atoms with Crippen LogP contribution in [0.1, 0.15) is 44.9 Å². The van der Waals surface area contributed by atoms with Crippen LogP contribution < -0.4 is 0 Å². The van der Waals surface area contributed by atoms with Crippen LogP contribution in [0.3, 0.4) is 0 Å². The fourth-order valence-electron chi connectivity index (χ4n) is 2.73. The third-order valence-electron chi connectivity index (χ3n) is 3.60. The van der Waals surface area contributed by atoms with Crippen LogP contribution in [-0.2, 0) is 9.59 Å². The van der Waals surface area contributed by atoms with Crippen LogP contribution in [0.5, 0.6) is 0 Å². The summed E-state index contributed by atoms with van der Waals surface area (Å²) in [5, 5.41) is 9.18. The Morgan fingerprint density at radius 1 is 1.12 bits per heavy atom. The van der Waals surface area contributed by atoms with Crippen LogP contribution >= 0.6 is 0 Å². The van der Waals surface area contributed by atoms with Crippen molar-refractivity contribution >= 4 is 11.8 Å². The lowest BCUT2D eigenvalue weighted by molar-refractivity contribution is -0.141. The van der Waals surface area contributed by atoms with Gasteiger partial charge >= 0.3 is 0 Å². The molecule has 0 aromatic carbocycles.